The molecule has 0 saturated carbocycles. The summed E-state index contributed by atoms with van der Waals surface area (Å²) in [6, 6.07) is 24.7. The Kier molecular flexibility index (Phi) is 7.05. The van der Waals surface area contributed by atoms with Crippen molar-refractivity contribution in [3.05, 3.63) is 119 Å². The predicted octanol–water partition coefficient (Wildman–Crippen LogP) is 5.85. The third kappa shape index (κ3) is 5.80. The van der Waals surface area contributed by atoms with Crippen molar-refractivity contribution in [3.8, 4) is 11.5 Å². The number of methoxy groups -OCH3 is 1. The molecule has 1 aromatic heterocycles. The van der Waals surface area contributed by atoms with E-state index in [1.807, 2.05) is 48.5 Å². The quantitative estimate of drug-likeness (QED) is 0.324. The second kappa shape index (κ2) is 10.5. The third-order valence-corrected chi connectivity index (χ3v) is 5.12. The first-order chi connectivity index (χ1) is 16.1. The maximum Gasteiger partial charge on any atom is 0.254 e. The molecule has 0 unspecified atom stereocenters. The summed E-state index contributed by atoms with van der Waals surface area (Å²) in [7, 11) is 1.58. The molecule has 0 fully saturated rings. The van der Waals surface area contributed by atoms with Gasteiger partial charge in [0.1, 0.15) is 18.2 Å². The lowest BCUT2D eigenvalue weighted by molar-refractivity contribution is 0.0717. The molecule has 4 rings (SSSR count). The largest absolute Gasteiger partial charge is 0.493 e. The number of rotatable bonds is 9. The molecule has 1 heterocycles. The molecule has 0 N–H and O–H groups in total. The van der Waals surface area contributed by atoms with Gasteiger partial charge in [0.15, 0.2) is 11.5 Å². The molecule has 5 nitrogen and oxygen atoms in total. The zero-order valence-electron chi connectivity index (χ0n) is 18.2. The molecule has 0 aliphatic rings. The van der Waals surface area contributed by atoms with Crippen molar-refractivity contribution in [2.45, 2.75) is 19.7 Å². The highest BCUT2D eigenvalue weighted by Crippen LogP contribution is 2.30. The molecule has 0 aliphatic heterocycles. The summed E-state index contributed by atoms with van der Waals surface area (Å²) in [5, 5.41) is 0. The van der Waals surface area contributed by atoms with Crippen LogP contribution >= 0.6 is 0 Å². The van der Waals surface area contributed by atoms with Gasteiger partial charge >= 0.3 is 0 Å². The normalized spacial score (nSPS) is 10.6. The van der Waals surface area contributed by atoms with Crippen LogP contribution in [0.15, 0.2) is 95.6 Å². The fourth-order valence-electron chi connectivity index (χ4n) is 3.48. The molecular formula is C27H24FNO4. The van der Waals surface area contributed by atoms with Crippen molar-refractivity contribution in [2.75, 3.05) is 7.11 Å². The molecule has 0 bridgehead atoms. The van der Waals surface area contributed by atoms with Gasteiger partial charge in [-0.15, -0.1) is 0 Å². The average molecular weight is 445 g/mol. The highest BCUT2D eigenvalue weighted by atomic mass is 19.1. The Balaban J connectivity index is 1.54. The van der Waals surface area contributed by atoms with E-state index in [0.29, 0.717) is 23.9 Å². The Morgan fingerprint density at radius 3 is 2.45 bits per heavy atom. The summed E-state index contributed by atoms with van der Waals surface area (Å²) in [6.45, 7) is 0.946. The van der Waals surface area contributed by atoms with E-state index >= 15 is 0 Å². The average Bonchev–Trinajstić information content (AvgIpc) is 3.36. The second-order valence-corrected chi connectivity index (χ2v) is 7.51. The molecule has 4 aromatic rings. The van der Waals surface area contributed by atoms with E-state index in [9.17, 15) is 9.18 Å². The lowest BCUT2D eigenvalue weighted by atomic mass is 10.1. The van der Waals surface area contributed by atoms with Gasteiger partial charge in [-0.3, -0.25) is 4.79 Å². The number of carbonyl (C=O) groups excluding carboxylic acids is 1. The number of hydrogen-bond acceptors (Lipinski definition) is 4. The van der Waals surface area contributed by atoms with Crippen LogP contribution in [0.3, 0.4) is 0 Å². The van der Waals surface area contributed by atoms with E-state index < -0.39 is 5.82 Å². The minimum absolute atomic E-state index is 0.247. The van der Waals surface area contributed by atoms with Gasteiger partial charge in [-0.25, -0.2) is 4.39 Å². The number of hydrogen-bond donors (Lipinski definition) is 0. The van der Waals surface area contributed by atoms with Crippen LogP contribution in [0.5, 0.6) is 11.5 Å². The van der Waals surface area contributed by atoms with Crippen LogP contribution in [-0.4, -0.2) is 17.9 Å². The molecule has 0 spiro atoms. The Bertz CT molecular complexity index is 1190. The zero-order chi connectivity index (χ0) is 23.0. The molecule has 168 valence electrons. The van der Waals surface area contributed by atoms with Crippen LogP contribution in [0, 0.1) is 5.82 Å². The van der Waals surface area contributed by atoms with Crippen LogP contribution in [-0.2, 0) is 19.7 Å². The molecular weight excluding hydrogens is 421 g/mol. The molecule has 33 heavy (non-hydrogen) atoms. The topological polar surface area (TPSA) is 51.9 Å². The predicted molar refractivity (Wildman–Crippen MR) is 122 cm³/mol. The van der Waals surface area contributed by atoms with E-state index in [1.54, 1.807) is 36.5 Å². The fourth-order valence-corrected chi connectivity index (χ4v) is 3.48. The maximum atomic E-state index is 13.7. The highest BCUT2D eigenvalue weighted by Gasteiger charge is 2.19. The number of carbonyl (C=O) groups is 1. The zero-order valence-corrected chi connectivity index (χ0v) is 18.2. The molecule has 0 aliphatic carbocycles. The van der Waals surface area contributed by atoms with E-state index in [2.05, 4.69) is 0 Å². The van der Waals surface area contributed by atoms with Crippen molar-refractivity contribution in [1.29, 1.82) is 0 Å². The lowest BCUT2D eigenvalue weighted by Gasteiger charge is -2.23. The van der Waals surface area contributed by atoms with E-state index in [4.69, 9.17) is 13.9 Å². The summed E-state index contributed by atoms with van der Waals surface area (Å²) in [5.41, 5.74) is 2.17. The van der Waals surface area contributed by atoms with Crippen molar-refractivity contribution >= 4 is 5.91 Å². The van der Waals surface area contributed by atoms with Crippen LogP contribution in [0.2, 0.25) is 0 Å². The monoisotopic (exact) mass is 445 g/mol. The lowest BCUT2D eigenvalue weighted by Crippen LogP contribution is -2.30. The Morgan fingerprint density at radius 1 is 0.879 bits per heavy atom. The second-order valence-electron chi connectivity index (χ2n) is 7.51. The summed E-state index contributed by atoms with van der Waals surface area (Å²) >= 11 is 0. The Morgan fingerprint density at radius 2 is 1.73 bits per heavy atom. The summed E-state index contributed by atoms with van der Waals surface area (Å²) < 4.78 is 30.6. The number of furan rings is 1. The van der Waals surface area contributed by atoms with Crippen LogP contribution in [0.4, 0.5) is 4.39 Å². The van der Waals surface area contributed by atoms with E-state index in [1.165, 1.54) is 18.2 Å². The molecule has 0 radical (unpaired) electrons. The minimum atomic E-state index is -0.458. The standard InChI is InChI=1S/C27H24FNO4/c1-31-26-15-21(12-13-25(26)33-19-20-7-3-2-4-8-20)17-29(18-24-11-6-14-32-24)27(30)22-9-5-10-23(28)16-22/h2-16H,17-19H2,1H3. The first kappa shape index (κ1) is 22.1. The SMILES string of the molecule is COc1cc(CN(Cc2ccco2)C(=O)c2cccc(F)c2)ccc1OCc1ccccc1. The Labute approximate surface area is 192 Å². The van der Waals surface area contributed by atoms with Crippen LogP contribution in [0.25, 0.3) is 0 Å². The van der Waals surface area contributed by atoms with Crippen molar-refractivity contribution < 1.29 is 23.1 Å². The first-order valence-corrected chi connectivity index (χ1v) is 10.5. The van der Waals surface area contributed by atoms with E-state index in [0.717, 1.165) is 11.1 Å². The van der Waals surface area contributed by atoms with Crippen LogP contribution < -0.4 is 9.47 Å². The van der Waals surface area contributed by atoms with Gasteiger partial charge in [0, 0.05) is 12.1 Å². The van der Waals surface area contributed by atoms with Gasteiger partial charge in [0.2, 0.25) is 0 Å². The number of amides is 1. The highest BCUT2D eigenvalue weighted by molar-refractivity contribution is 5.94. The van der Waals surface area contributed by atoms with Gasteiger partial charge in [0.25, 0.3) is 5.91 Å². The number of halogens is 1. The maximum absolute atomic E-state index is 13.7. The van der Waals surface area contributed by atoms with Gasteiger partial charge in [-0.05, 0) is 53.6 Å². The van der Waals surface area contributed by atoms with Gasteiger partial charge in [0.05, 0.1) is 19.9 Å². The van der Waals surface area contributed by atoms with Gasteiger partial charge < -0.3 is 18.8 Å². The molecule has 0 saturated heterocycles. The summed E-state index contributed by atoms with van der Waals surface area (Å²) in [5.74, 6) is 1.06. The molecule has 0 atom stereocenters. The van der Waals surface area contributed by atoms with E-state index in [-0.39, 0.29) is 24.6 Å². The smallest absolute Gasteiger partial charge is 0.254 e. The van der Waals surface area contributed by atoms with Gasteiger partial charge in [-0.1, -0.05) is 42.5 Å². The summed E-state index contributed by atoms with van der Waals surface area (Å²) in [6.07, 6.45) is 1.56. The third-order valence-electron chi connectivity index (χ3n) is 5.12. The van der Waals surface area contributed by atoms with Crippen molar-refractivity contribution in [2.24, 2.45) is 0 Å². The van der Waals surface area contributed by atoms with Crippen LogP contribution in [0.1, 0.15) is 27.2 Å². The van der Waals surface area contributed by atoms with Gasteiger partial charge in [-0.2, -0.15) is 0 Å². The Hall–Kier alpha value is -4.06. The number of ether oxygens (including phenoxy) is 2. The fraction of sp³-hybridized carbons (Fsp3) is 0.148. The first-order valence-electron chi connectivity index (χ1n) is 10.5. The molecule has 3 aromatic carbocycles. The van der Waals surface area contributed by atoms with Crippen molar-refractivity contribution in [1.82, 2.24) is 4.90 Å². The van der Waals surface area contributed by atoms with Crippen molar-refractivity contribution in [3.63, 3.8) is 0 Å². The number of nitrogens with zero attached hydrogens (tertiary/aromatic N) is 1. The molecule has 1 amide bonds. The minimum Gasteiger partial charge on any atom is -0.493 e. The number of benzene rings is 3. The summed E-state index contributed by atoms with van der Waals surface area (Å²) in [4.78, 5) is 14.8. The molecule has 6 heteroatoms.